The Hall–Kier alpha value is -0.870. The number of aliphatic hydroxyl groups excluding tert-OH is 1. The minimum atomic E-state index is -1.42. The summed E-state index contributed by atoms with van der Waals surface area (Å²) in [6.07, 6.45) is -0.155. The lowest BCUT2D eigenvalue weighted by Crippen LogP contribution is -2.54. The molecule has 0 aliphatic carbocycles. The summed E-state index contributed by atoms with van der Waals surface area (Å²) in [4.78, 5) is 11.2. The molecule has 0 bridgehead atoms. The van der Waals surface area contributed by atoms with Gasteiger partial charge in [-0.05, 0) is 25.8 Å². The molecule has 4 heteroatoms. The maximum Gasteiger partial charge on any atom is 0.334 e. The third kappa shape index (κ3) is 1.92. The third-order valence-corrected chi connectivity index (χ3v) is 3.01. The largest absolute Gasteiger partial charge is 0.452 e. The molecule has 0 saturated heterocycles. The van der Waals surface area contributed by atoms with E-state index < -0.39 is 23.8 Å². The Morgan fingerprint density at radius 3 is 2.27 bits per heavy atom. The van der Waals surface area contributed by atoms with Crippen molar-refractivity contribution >= 4 is 5.97 Å². The van der Waals surface area contributed by atoms with E-state index in [0.29, 0.717) is 5.57 Å². The van der Waals surface area contributed by atoms with Gasteiger partial charge in [0.15, 0.2) is 6.10 Å². The molecule has 0 aromatic rings. The number of aliphatic hydroxyl groups is 2. The second-order valence-electron chi connectivity index (χ2n) is 4.39. The summed E-state index contributed by atoms with van der Waals surface area (Å²) in [6.45, 7) is 6.69. The molecule has 86 valence electrons. The lowest BCUT2D eigenvalue weighted by molar-refractivity contribution is -0.175. The first-order valence-corrected chi connectivity index (χ1v) is 5.10. The van der Waals surface area contributed by atoms with Gasteiger partial charge in [-0.1, -0.05) is 13.8 Å². The van der Waals surface area contributed by atoms with Crippen LogP contribution in [0.2, 0.25) is 0 Å². The van der Waals surface area contributed by atoms with E-state index in [4.69, 9.17) is 4.74 Å². The van der Waals surface area contributed by atoms with Crippen LogP contribution in [0.15, 0.2) is 11.6 Å². The summed E-state index contributed by atoms with van der Waals surface area (Å²) in [7, 11) is 0. The summed E-state index contributed by atoms with van der Waals surface area (Å²) in [5, 5.41) is 19.9. The van der Waals surface area contributed by atoms with E-state index in [0.717, 1.165) is 0 Å². The predicted molar refractivity (Wildman–Crippen MR) is 55.1 cm³/mol. The Labute approximate surface area is 89.6 Å². The fourth-order valence-electron chi connectivity index (χ4n) is 1.81. The number of carbonyl (C=O) groups is 1. The van der Waals surface area contributed by atoms with Gasteiger partial charge in [-0.2, -0.15) is 0 Å². The Kier molecular flexibility index (Phi) is 3.21. The van der Waals surface area contributed by atoms with Crippen LogP contribution in [0.25, 0.3) is 0 Å². The first-order valence-electron chi connectivity index (χ1n) is 5.10. The Morgan fingerprint density at radius 2 is 2.00 bits per heavy atom. The Balaban J connectivity index is 2.99. The van der Waals surface area contributed by atoms with Crippen LogP contribution in [0, 0.1) is 5.92 Å². The number of hydrogen-bond donors (Lipinski definition) is 2. The van der Waals surface area contributed by atoms with Crippen LogP contribution in [0.5, 0.6) is 0 Å². The fraction of sp³-hybridized carbons (Fsp3) is 0.727. The quantitative estimate of drug-likeness (QED) is 0.676. The fourth-order valence-corrected chi connectivity index (χ4v) is 1.81. The van der Waals surface area contributed by atoms with Gasteiger partial charge < -0.3 is 14.9 Å². The van der Waals surface area contributed by atoms with Crippen LogP contribution in [-0.4, -0.2) is 34.0 Å². The molecule has 0 fully saturated rings. The second-order valence-corrected chi connectivity index (χ2v) is 4.39. The topological polar surface area (TPSA) is 66.8 Å². The molecule has 15 heavy (non-hydrogen) atoms. The zero-order valence-electron chi connectivity index (χ0n) is 9.52. The summed E-state index contributed by atoms with van der Waals surface area (Å²) >= 11 is 0. The molecular formula is C11H18O4. The number of rotatable bonds is 3. The first-order chi connectivity index (χ1) is 6.80. The summed E-state index contributed by atoms with van der Waals surface area (Å²) in [6, 6.07) is 0. The first kappa shape index (κ1) is 12.2. The van der Waals surface area contributed by atoms with E-state index in [9.17, 15) is 15.0 Å². The van der Waals surface area contributed by atoms with Crippen molar-refractivity contribution in [1.29, 1.82) is 0 Å². The van der Waals surface area contributed by atoms with Gasteiger partial charge in [-0.15, -0.1) is 0 Å². The zero-order valence-corrected chi connectivity index (χ0v) is 9.52. The average Bonchev–Trinajstić information content (AvgIpc) is 2.45. The molecule has 0 aromatic heterocycles. The van der Waals surface area contributed by atoms with E-state index in [1.54, 1.807) is 26.8 Å². The van der Waals surface area contributed by atoms with Crippen molar-refractivity contribution in [2.45, 2.75) is 45.5 Å². The molecule has 0 amide bonds. The molecule has 4 nitrogen and oxygen atoms in total. The lowest BCUT2D eigenvalue weighted by atomic mass is 9.80. The van der Waals surface area contributed by atoms with Gasteiger partial charge in [0.25, 0.3) is 0 Å². The molecule has 0 saturated carbocycles. The van der Waals surface area contributed by atoms with E-state index in [2.05, 4.69) is 0 Å². The minimum absolute atomic E-state index is 0.211. The highest BCUT2D eigenvalue weighted by Gasteiger charge is 2.47. The number of ether oxygens (including phenoxy) is 1. The second kappa shape index (κ2) is 3.94. The van der Waals surface area contributed by atoms with Crippen molar-refractivity contribution < 1.29 is 19.7 Å². The van der Waals surface area contributed by atoms with Crippen molar-refractivity contribution in [3.05, 3.63) is 11.6 Å². The number of hydrogen-bond acceptors (Lipinski definition) is 4. The third-order valence-electron chi connectivity index (χ3n) is 3.01. The molecular weight excluding hydrogens is 196 g/mol. The molecule has 3 unspecified atom stereocenters. The van der Waals surface area contributed by atoms with Crippen molar-refractivity contribution in [1.82, 2.24) is 0 Å². The van der Waals surface area contributed by atoms with Gasteiger partial charge in [0, 0.05) is 5.57 Å². The van der Waals surface area contributed by atoms with Gasteiger partial charge in [0.1, 0.15) is 5.60 Å². The van der Waals surface area contributed by atoms with Gasteiger partial charge in [-0.25, -0.2) is 4.79 Å². The maximum absolute atomic E-state index is 11.2. The van der Waals surface area contributed by atoms with Crippen molar-refractivity contribution in [2.75, 3.05) is 0 Å². The molecule has 3 atom stereocenters. The van der Waals surface area contributed by atoms with Crippen LogP contribution in [0.1, 0.15) is 27.7 Å². The molecule has 1 rings (SSSR count). The number of carbonyl (C=O) groups excluding carboxylic acids is 1. The van der Waals surface area contributed by atoms with E-state index >= 15 is 0 Å². The number of esters is 1. The monoisotopic (exact) mass is 214 g/mol. The van der Waals surface area contributed by atoms with Crippen LogP contribution >= 0.6 is 0 Å². The predicted octanol–water partition coefficient (Wildman–Crippen LogP) is 0.626. The van der Waals surface area contributed by atoms with E-state index in [-0.39, 0.29) is 5.92 Å². The molecule has 2 N–H and O–H groups in total. The van der Waals surface area contributed by atoms with Gasteiger partial charge in [-0.3, -0.25) is 0 Å². The molecule has 0 radical (unpaired) electrons. The van der Waals surface area contributed by atoms with E-state index in [1.807, 2.05) is 0 Å². The highest BCUT2D eigenvalue weighted by atomic mass is 16.6. The Bertz CT molecular complexity index is 283. The SMILES string of the molecule is CC1=CC(C(O)(C(C)C)C(C)O)OC1=O. The lowest BCUT2D eigenvalue weighted by Gasteiger charge is -2.38. The maximum atomic E-state index is 11.2. The van der Waals surface area contributed by atoms with Crippen LogP contribution < -0.4 is 0 Å². The smallest absolute Gasteiger partial charge is 0.334 e. The summed E-state index contributed by atoms with van der Waals surface area (Å²) < 4.78 is 5.02. The van der Waals surface area contributed by atoms with Gasteiger partial charge in [0.05, 0.1) is 6.10 Å². The molecule has 0 spiro atoms. The van der Waals surface area contributed by atoms with Crippen LogP contribution in [-0.2, 0) is 9.53 Å². The molecule has 1 heterocycles. The molecule has 0 aromatic carbocycles. The summed E-state index contributed by atoms with van der Waals surface area (Å²) in [5.41, 5.74) is -0.951. The number of cyclic esters (lactones) is 1. The Morgan fingerprint density at radius 1 is 1.47 bits per heavy atom. The van der Waals surface area contributed by atoms with Crippen molar-refractivity contribution in [2.24, 2.45) is 5.92 Å². The standard InChI is InChI=1S/C11H18O4/c1-6(2)11(14,8(4)12)9-5-7(3)10(13)15-9/h5-6,8-9,12,14H,1-4H3. The average molecular weight is 214 g/mol. The highest BCUT2D eigenvalue weighted by Crippen LogP contribution is 2.32. The molecule has 1 aliphatic rings. The highest BCUT2D eigenvalue weighted by molar-refractivity contribution is 5.90. The van der Waals surface area contributed by atoms with Crippen LogP contribution in [0.4, 0.5) is 0 Å². The van der Waals surface area contributed by atoms with Crippen LogP contribution in [0.3, 0.4) is 0 Å². The van der Waals surface area contributed by atoms with E-state index in [1.165, 1.54) is 6.92 Å². The van der Waals surface area contributed by atoms with Crippen molar-refractivity contribution in [3.63, 3.8) is 0 Å². The van der Waals surface area contributed by atoms with Gasteiger partial charge in [0.2, 0.25) is 0 Å². The van der Waals surface area contributed by atoms with Crippen molar-refractivity contribution in [3.8, 4) is 0 Å². The summed E-state index contributed by atoms with van der Waals surface area (Å²) in [5.74, 6) is -0.642. The molecule has 1 aliphatic heterocycles. The minimum Gasteiger partial charge on any atom is -0.452 e. The zero-order chi connectivity index (χ0) is 11.8. The normalized spacial score (nSPS) is 27.3. The van der Waals surface area contributed by atoms with Gasteiger partial charge >= 0.3 is 5.97 Å².